The largest absolute Gasteiger partial charge is 0.505 e. The maximum absolute atomic E-state index is 12.3. The van der Waals surface area contributed by atoms with Crippen molar-refractivity contribution in [1.82, 2.24) is 5.32 Å². The second-order valence-corrected chi connectivity index (χ2v) is 6.88. The summed E-state index contributed by atoms with van der Waals surface area (Å²) in [5.41, 5.74) is 0.407. The number of urea groups is 1. The molecule has 0 spiro atoms. The van der Waals surface area contributed by atoms with E-state index in [1.165, 1.54) is 38.3 Å². The van der Waals surface area contributed by atoms with Gasteiger partial charge in [0.1, 0.15) is 11.4 Å². The predicted octanol–water partition coefficient (Wildman–Crippen LogP) is 4.04. The Hall–Kier alpha value is -1.11. The standard InChI is InChI=1S/C16H23ClN2O3S/c1-10(20)13-7-12(17)8-14(15(13)21)19(23)16(22)18-9-11-5-3-2-4-6-11/h7-8,10-11,20-21,23H,2-6,9H2,1H3,(H,18,22). The zero-order valence-corrected chi connectivity index (χ0v) is 14.8. The molecule has 128 valence electrons. The Labute approximate surface area is 147 Å². The number of phenolic OH excluding ortho intramolecular Hbond substituents is 1. The zero-order chi connectivity index (χ0) is 17.0. The van der Waals surface area contributed by atoms with Crippen LogP contribution in [0.25, 0.3) is 0 Å². The molecule has 3 N–H and O–H groups in total. The van der Waals surface area contributed by atoms with E-state index >= 15 is 0 Å². The molecule has 2 rings (SSSR count). The third-order valence-corrected chi connectivity index (χ3v) is 4.84. The minimum atomic E-state index is -0.903. The fourth-order valence-electron chi connectivity index (χ4n) is 2.89. The van der Waals surface area contributed by atoms with E-state index in [9.17, 15) is 15.0 Å². The Morgan fingerprint density at radius 2 is 2.09 bits per heavy atom. The fourth-order valence-corrected chi connectivity index (χ4v) is 3.34. The summed E-state index contributed by atoms with van der Waals surface area (Å²) in [6.45, 7) is 2.11. The van der Waals surface area contributed by atoms with Crippen molar-refractivity contribution in [2.75, 3.05) is 10.8 Å². The molecule has 1 atom stereocenters. The Kier molecular flexibility index (Phi) is 6.44. The molecule has 2 amide bonds. The van der Waals surface area contributed by atoms with E-state index in [0.29, 0.717) is 17.5 Å². The summed E-state index contributed by atoms with van der Waals surface area (Å²) in [7, 11) is 0. The number of amides is 2. The Morgan fingerprint density at radius 3 is 2.70 bits per heavy atom. The molecule has 0 radical (unpaired) electrons. The molecular weight excluding hydrogens is 336 g/mol. The summed E-state index contributed by atoms with van der Waals surface area (Å²) >= 11 is 10.2. The number of nitrogens with zero attached hydrogens (tertiary/aromatic N) is 1. The van der Waals surface area contributed by atoms with Gasteiger partial charge < -0.3 is 15.5 Å². The van der Waals surface area contributed by atoms with Crippen molar-refractivity contribution in [2.24, 2.45) is 5.92 Å². The SMILES string of the molecule is CC(O)c1cc(Cl)cc(N(S)C(=O)NCC2CCCCC2)c1O. The minimum absolute atomic E-state index is 0.151. The number of hydrogen-bond acceptors (Lipinski definition) is 4. The van der Waals surface area contributed by atoms with Crippen LogP contribution in [0.4, 0.5) is 10.5 Å². The number of carbonyl (C=O) groups excluding carboxylic acids is 1. The summed E-state index contributed by atoms with van der Waals surface area (Å²) in [5, 5.41) is 23.1. The van der Waals surface area contributed by atoms with Crippen molar-refractivity contribution in [3.05, 3.63) is 22.7 Å². The number of aliphatic hydroxyl groups excluding tert-OH is 1. The second-order valence-electron chi connectivity index (χ2n) is 6.04. The molecule has 5 nitrogen and oxygen atoms in total. The number of aromatic hydroxyl groups is 1. The van der Waals surface area contributed by atoms with Gasteiger partial charge in [-0.25, -0.2) is 9.10 Å². The molecule has 0 saturated heterocycles. The number of nitrogens with one attached hydrogen (secondary N) is 1. The molecule has 1 fully saturated rings. The van der Waals surface area contributed by atoms with Gasteiger partial charge in [0.15, 0.2) is 0 Å². The van der Waals surface area contributed by atoms with Crippen molar-refractivity contribution in [2.45, 2.75) is 45.1 Å². The smallest absolute Gasteiger partial charge is 0.332 e. The van der Waals surface area contributed by atoms with Crippen LogP contribution in [0.3, 0.4) is 0 Å². The van der Waals surface area contributed by atoms with Gasteiger partial charge in [-0.05, 0) is 37.8 Å². The highest BCUT2D eigenvalue weighted by Gasteiger charge is 2.22. The van der Waals surface area contributed by atoms with Crippen LogP contribution in [0, 0.1) is 5.92 Å². The summed E-state index contributed by atoms with van der Waals surface area (Å²) < 4.78 is 1.02. The van der Waals surface area contributed by atoms with E-state index < -0.39 is 12.1 Å². The molecule has 7 heteroatoms. The van der Waals surface area contributed by atoms with E-state index in [1.54, 1.807) is 0 Å². The Balaban J connectivity index is 2.06. The molecule has 23 heavy (non-hydrogen) atoms. The molecule has 0 bridgehead atoms. The van der Waals surface area contributed by atoms with E-state index in [1.807, 2.05) is 0 Å². The van der Waals surface area contributed by atoms with Gasteiger partial charge in [0.25, 0.3) is 0 Å². The summed E-state index contributed by atoms with van der Waals surface area (Å²) in [4.78, 5) is 12.3. The number of carbonyl (C=O) groups is 1. The minimum Gasteiger partial charge on any atom is -0.505 e. The van der Waals surface area contributed by atoms with E-state index in [0.717, 1.165) is 17.1 Å². The maximum Gasteiger partial charge on any atom is 0.332 e. The number of phenols is 1. The monoisotopic (exact) mass is 358 g/mol. The fraction of sp³-hybridized carbons (Fsp3) is 0.562. The Bertz CT molecular complexity index is 563. The predicted molar refractivity (Wildman–Crippen MR) is 95.2 cm³/mol. The van der Waals surface area contributed by atoms with Crippen LogP contribution < -0.4 is 9.62 Å². The lowest BCUT2D eigenvalue weighted by atomic mass is 9.89. The van der Waals surface area contributed by atoms with Crippen molar-refractivity contribution in [1.29, 1.82) is 0 Å². The second kappa shape index (κ2) is 8.13. The quantitative estimate of drug-likeness (QED) is 0.614. The summed E-state index contributed by atoms with van der Waals surface area (Å²) in [5.74, 6) is 0.294. The zero-order valence-electron chi connectivity index (χ0n) is 13.1. The first kappa shape index (κ1) is 18.2. The molecule has 1 saturated carbocycles. The number of hydrogen-bond donors (Lipinski definition) is 4. The lowest BCUT2D eigenvalue weighted by Gasteiger charge is -2.24. The number of aliphatic hydroxyl groups is 1. The molecule has 0 heterocycles. The van der Waals surface area contributed by atoms with Crippen molar-refractivity contribution < 1.29 is 15.0 Å². The first-order valence-corrected chi connectivity index (χ1v) is 8.65. The lowest BCUT2D eigenvalue weighted by Crippen LogP contribution is -2.37. The highest BCUT2D eigenvalue weighted by molar-refractivity contribution is 7.82. The first-order valence-electron chi connectivity index (χ1n) is 7.87. The molecule has 0 aliphatic heterocycles. The molecule has 1 aliphatic rings. The Morgan fingerprint density at radius 1 is 1.43 bits per heavy atom. The third kappa shape index (κ3) is 4.68. The molecule has 1 aromatic carbocycles. The van der Waals surface area contributed by atoms with Gasteiger partial charge in [0, 0.05) is 17.1 Å². The maximum atomic E-state index is 12.3. The van der Waals surface area contributed by atoms with Gasteiger partial charge in [-0.15, -0.1) is 0 Å². The van der Waals surface area contributed by atoms with Crippen molar-refractivity contribution in [3.63, 3.8) is 0 Å². The topological polar surface area (TPSA) is 72.8 Å². The van der Waals surface area contributed by atoms with Gasteiger partial charge in [0.05, 0.1) is 6.10 Å². The molecule has 0 aromatic heterocycles. The third-order valence-electron chi connectivity index (χ3n) is 4.22. The normalized spacial score (nSPS) is 16.9. The van der Waals surface area contributed by atoms with E-state index in [4.69, 9.17) is 11.6 Å². The van der Waals surface area contributed by atoms with Gasteiger partial charge >= 0.3 is 6.03 Å². The number of benzene rings is 1. The lowest BCUT2D eigenvalue weighted by molar-refractivity contribution is 0.195. The molecule has 1 aromatic rings. The van der Waals surface area contributed by atoms with Gasteiger partial charge in [-0.2, -0.15) is 0 Å². The average molecular weight is 359 g/mol. The van der Waals surface area contributed by atoms with Gasteiger partial charge in [-0.3, -0.25) is 0 Å². The molecular formula is C16H23ClN2O3S. The van der Waals surface area contributed by atoms with Gasteiger partial charge in [-0.1, -0.05) is 43.7 Å². The average Bonchev–Trinajstić information content (AvgIpc) is 2.54. The van der Waals surface area contributed by atoms with Crippen LogP contribution in [0.2, 0.25) is 5.02 Å². The van der Waals surface area contributed by atoms with Gasteiger partial charge in [0.2, 0.25) is 0 Å². The van der Waals surface area contributed by atoms with E-state index in [-0.39, 0.29) is 17.0 Å². The number of rotatable bonds is 4. The van der Waals surface area contributed by atoms with Crippen LogP contribution in [-0.2, 0) is 0 Å². The van der Waals surface area contributed by atoms with Crippen molar-refractivity contribution >= 4 is 36.1 Å². The molecule has 1 unspecified atom stereocenters. The van der Waals surface area contributed by atoms with Crippen LogP contribution >= 0.6 is 24.4 Å². The molecule has 1 aliphatic carbocycles. The first-order chi connectivity index (χ1) is 10.9. The number of anilines is 1. The highest BCUT2D eigenvalue weighted by atomic mass is 35.5. The number of halogens is 1. The van der Waals surface area contributed by atoms with E-state index in [2.05, 4.69) is 18.1 Å². The summed E-state index contributed by atoms with van der Waals surface area (Å²) in [6, 6.07) is 2.48. The van der Waals surface area contributed by atoms with Crippen LogP contribution in [0.15, 0.2) is 12.1 Å². The van der Waals surface area contributed by atoms with Crippen LogP contribution in [0.1, 0.15) is 50.7 Å². The number of thiol groups is 1. The summed E-state index contributed by atoms with van der Waals surface area (Å²) in [6.07, 6.45) is 5.03. The van der Waals surface area contributed by atoms with Crippen molar-refractivity contribution in [3.8, 4) is 5.75 Å². The van der Waals surface area contributed by atoms with Crippen LogP contribution in [0.5, 0.6) is 5.75 Å². The highest BCUT2D eigenvalue weighted by Crippen LogP contribution is 2.38. The van der Waals surface area contributed by atoms with Crippen LogP contribution in [-0.4, -0.2) is 22.8 Å².